The molecule has 0 aromatic heterocycles. The number of amides is 3. The highest BCUT2D eigenvalue weighted by Crippen LogP contribution is 2.31. The molecule has 1 aromatic rings. The van der Waals surface area contributed by atoms with Crippen molar-refractivity contribution in [3.63, 3.8) is 0 Å². The molecule has 0 saturated carbocycles. The Morgan fingerprint density at radius 3 is 2.48 bits per heavy atom. The van der Waals surface area contributed by atoms with Crippen LogP contribution in [0.3, 0.4) is 0 Å². The first-order valence-corrected chi connectivity index (χ1v) is 11.7. The molecule has 0 spiro atoms. The monoisotopic (exact) mass is 456 g/mol. The maximum Gasteiger partial charge on any atom is 0.338 e. The van der Waals surface area contributed by atoms with Crippen molar-refractivity contribution < 1.29 is 19.1 Å². The molecule has 8 nitrogen and oxygen atoms in total. The number of hydrogen-bond donors (Lipinski definition) is 1. The first-order valence-electron chi connectivity index (χ1n) is 11.7. The number of carbonyl (C=O) groups is 3. The number of carbonyl (C=O) groups excluding carboxylic acids is 3. The Balaban J connectivity index is 1.88. The molecule has 2 aliphatic rings. The second-order valence-electron chi connectivity index (χ2n) is 9.20. The third kappa shape index (κ3) is 5.74. The highest BCUT2D eigenvalue weighted by atomic mass is 16.5. The summed E-state index contributed by atoms with van der Waals surface area (Å²) in [5.41, 5.74) is 1.92. The number of nitrogens with zero attached hydrogens (tertiary/aromatic N) is 3. The van der Waals surface area contributed by atoms with Crippen LogP contribution in [0.25, 0.3) is 0 Å². The standard InChI is InChI=1S/C25H36N4O4/c1-6-33-24(31)22-20(27(5)25(32)26-23(22)19-10-8-7-9-11-19)16-28-12-13-29(18(4)15-28)21(30)14-17(2)3/h7-11,17-18,23H,6,12-16H2,1-5H3,(H,26,32)/t18-,23+/m1/s1. The Morgan fingerprint density at radius 1 is 1.18 bits per heavy atom. The molecule has 3 rings (SSSR count). The Morgan fingerprint density at radius 2 is 1.88 bits per heavy atom. The van der Waals surface area contributed by atoms with E-state index in [4.69, 9.17) is 4.74 Å². The van der Waals surface area contributed by atoms with E-state index < -0.39 is 12.0 Å². The van der Waals surface area contributed by atoms with Crippen LogP contribution in [-0.4, -0.2) is 78.5 Å². The van der Waals surface area contributed by atoms with E-state index in [1.165, 1.54) is 4.90 Å². The van der Waals surface area contributed by atoms with Gasteiger partial charge < -0.3 is 15.0 Å². The maximum atomic E-state index is 13.1. The lowest BCUT2D eigenvalue weighted by atomic mass is 9.94. The lowest BCUT2D eigenvalue weighted by Gasteiger charge is -2.42. The molecule has 180 valence electrons. The topological polar surface area (TPSA) is 82.2 Å². The number of likely N-dealkylation sites (N-methyl/N-ethyl adjacent to an activating group) is 1. The first-order chi connectivity index (χ1) is 15.7. The minimum atomic E-state index is -0.574. The summed E-state index contributed by atoms with van der Waals surface area (Å²) in [6, 6.07) is 8.69. The molecule has 0 radical (unpaired) electrons. The Labute approximate surface area is 196 Å². The van der Waals surface area contributed by atoms with Crippen molar-refractivity contribution in [3.8, 4) is 0 Å². The minimum absolute atomic E-state index is 0.0595. The van der Waals surface area contributed by atoms with Gasteiger partial charge in [0.25, 0.3) is 0 Å². The van der Waals surface area contributed by atoms with Gasteiger partial charge in [0.2, 0.25) is 5.91 Å². The summed E-state index contributed by atoms with van der Waals surface area (Å²) in [6.45, 7) is 10.6. The van der Waals surface area contributed by atoms with Crippen molar-refractivity contribution in [2.75, 3.05) is 39.8 Å². The van der Waals surface area contributed by atoms with Crippen molar-refractivity contribution in [1.82, 2.24) is 20.0 Å². The zero-order valence-electron chi connectivity index (χ0n) is 20.3. The van der Waals surface area contributed by atoms with Crippen molar-refractivity contribution in [1.29, 1.82) is 0 Å². The Hall–Kier alpha value is -2.87. The SMILES string of the molecule is CCOC(=O)C1=C(CN2CCN(C(=O)CC(C)C)[C@H](C)C2)N(C)C(=O)N[C@H]1c1ccccc1. The number of benzene rings is 1. The van der Waals surface area contributed by atoms with Crippen LogP contribution in [0, 0.1) is 5.92 Å². The molecule has 2 atom stereocenters. The molecule has 0 unspecified atom stereocenters. The summed E-state index contributed by atoms with van der Waals surface area (Å²) in [5.74, 6) is 0.0817. The van der Waals surface area contributed by atoms with Gasteiger partial charge in [0.15, 0.2) is 0 Å². The molecule has 3 amide bonds. The minimum Gasteiger partial charge on any atom is -0.463 e. The van der Waals surface area contributed by atoms with Gasteiger partial charge in [-0.15, -0.1) is 0 Å². The highest BCUT2D eigenvalue weighted by molar-refractivity contribution is 5.95. The number of hydrogen-bond acceptors (Lipinski definition) is 5. The van der Waals surface area contributed by atoms with Gasteiger partial charge in [-0.2, -0.15) is 0 Å². The lowest BCUT2D eigenvalue weighted by Crippen LogP contribution is -2.56. The third-order valence-electron chi connectivity index (χ3n) is 6.19. The normalized spacial score (nSPS) is 21.9. The van der Waals surface area contributed by atoms with Gasteiger partial charge in [-0.05, 0) is 25.3 Å². The van der Waals surface area contributed by atoms with E-state index in [-0.39, 0.29) is 24.6 Å². The van der Waals surface area contributed by atoms with Crippen LogP contribution in [0.4, 0.5) is 4.79 Å². The smallest absolute Gasteiger partial charge is 0.338 e. The molecular weight excluding hydrogens is 420 g/mol. The second kappa shape index (κ2) is 10.8. The Kier molecular flexibility index (Phi) is 8.13. The average Bonchev–Trinajstić information content (AvgIpc) is 2.77. The third-order valence-corrected chi connectivity index (χ3v) is 6.19. The summed E-state index contributed by atoms with van der Waals surface area (Å²) in [6.07, 6.45) is 0.546. The van der Waals surface area contributed by atoms with Gasteiger partial charge >= 0.3 is 12.0 Å². The van der Waals surface area contributed by atoms with Gasteiger partial charge in [0.05, 0.1) is 18.2 Å². The molecule has 8 heteroatoms. The lowest BCUT2D eigenvalue weighted by molar-refractivity contribution is -0.139. The van der Waals surface area contributed by atoms with E-state index >= 15 is 0 Å². The molecule has 1 saturated heterocycles. The summed E-state index contributed by atoms with van der Waals surface area (Å²) in [4.78, 5) is 44.1. The molecule has 1 fully saturated rings. The van der Waals surface area contributed by atoms with E-state index in [1.807, 2.05) is 35.2 Å². The maximum absolute atomic E-state index is 13.1. The number of nitrogens with one attached hydrogen (secondary N) is 1. The van der Waals surface area contributed by atoms with Gasteiger partial charge in [-0.3, -0.25) is 14.6 Å². The van der Waals surface area contributed by atoms with Crippen molar-refractivity contribution >= 4 is 17.9 Å². The van der Waals surface area contributed by atoms with Gasteiger partial charge in [0.1, 0.15) is 0 Å². The molecule has 33 heavy (non-hydrogen) atoms. The number of urea groups is 1. The van der Waals surface area contributed by atoms with Crippen LogP contribution in [0.5, 0.6) is 0 Å². The van der Waals surface area contributed by atoms with Crippen LogP contribution in [-0.2, 0) is 14.3 Å². The fourth-order valence-corrected chi connectivity index (χ4v) is 4.52. The molecule has 0 aliphatic carbocycles. The summed E-state index contributed by atoms with van der Waals surface area (Å²) in [7, 11) is 1.68. The second-order valence-corrected chi connectivity index (χ2v) is 9.20. The quantitative estimate of drug-likeness (QED) is 0.638. The van der Waals surface area contributed by atoms with Crippen LogP contribution in [0.15, 0.2) is 41.6 Å². The first kappa shape index (κ1) is 24.8. The predicted octanol–water partition coefficient (Wildman–Crippen LogP) is 2.78. The van der Waals surface area contributed by atoms with Crippen LogP contribution < -0.4 is 5.32 Å². The zero-order chi connectivity index (χ0) is 24.1. The van der Waals surface area contributed by atoms with E-state index in [0.29, 0.717) is 49.8 Å². The molecule has 1 N–H and O–H groups in total. The number of esters is 1. The number of ether oxygens (including phenoxy) is 1. The average molecular weight is 457 g/mol. The fraction of sp³-hybridized carbons (Fsp3) is 0.560. The van der Waals surface area contributed by atoms with E-state index in [9.17, 15) is 14.4 Å². The molecule has 0 bridgehead atoms. The van der Waals surface area contributed by atoms with Crippen LogP contribution >= 0.6 is 0 Å². The Bertz CT molecular complexity index is 899. The largest absolute Gasteiger partial charge is 0.463 e. The van der Waals surface area contributed by atoms with E-state index in [2.05, 4.69) is 31.0 Å². The van der Waals surface area contributed by atoms with Crippen molar-refractivity contribution in [2.45, 2.75) is 46.2 Å². The van der Waals surface area contributed by atoms with Gasteiger partial charge in [0, 0.05) is 51.4 Å². The van der Waals surface area contributed by atoms with Crippen molar-refractivity contribution in [2.24, 2.45) is 5.92 Å². The summed E-state index contributed by atoms with van der Waals surface area (Å²) < 4.78 is 5.40. The molecular formula is C25H36N4O4. The molecule has 2 heterocycles. The van der Waals surface area contributed by atoms with Crippen LogP contribution in [0.1, 0.15) is 45.7 Å². The number of rotatable bonds is 7. The fourth-order valence-electron chi connectivity index (χ4n) is 4.52. The predicted molar refractivity (Wildman–Crippen MR) is 126 cm³/mol. The van der Waals surface area contributed by atoms with Gasteiger partial charge in [-0.25, -0.2) is 9.59 Å². The molecule has 1 aromatic carbocycles. The summed E-state index contributed by atoms with van der Waals surface area (Å²) >= 11 is 0. The van der Waals surface area contributed by atoms with Crippen LogP contribution in [0.2, 0.25) is 0 Å². The zero-order valence-corrected chi connectivity index (χ0v) is 20.3. The van der Waals surface area contributed by atoms with E-state index in [1.54, 1.807) is 14.0 Å². The van der Waals surface area contributed by atoms with E-state index in [0.717, 1.165) is 5.56 Å². The van der Waals surface area contributed by atoms with Gasteiger partial charge in [-0.1, -0.05) is 44.2 Å². The summed E-state index contributed by atoms with van der Waals surface area (Å²) in [5, 5.41) is 2.94. The van der Waals surface area contributed by atoms with Crippen molar-refractivity contribution in [3.05, 3.63) is 47.2 Å². The molecule has 2 aliphatic heterocycles. The highest BCUT2D eigenvalue weighted by Gasteiger charge is 2.38. The number of piperazine rings is 1.